The Balaban J connectivity index is 2.91. The number of rotatable bonds is 7. The van der Waals surface area contributed by atoms with Crippen LogP contribution in [0.3, 0.4) is 0 Å². The smallest absolute Gasteiger partial charge is 0.242 e. The highest BCUT2D eigenvalue weighted by Gasteiger charge is 2.26. The zero-order valence-electron chi connectivity index (χ0n) is 13.7. The van der Waals surface area contributed by atoms with Crippen LogP contribution in [0.15, 0.2) is 24.3 Å². The van der Waals surface area contributed by atoms with Crippen molar-refractivity contribution in [2.75, 3.05) is 0 Å². The number of carbonyl (C=O) groups is 2. The van der Waals surface area contributed by atoms with Crippen molar-refractivity contribution in [2.45, 2.75) is 59.2 Å². The summed E-state index contributed by atoms with van der Waals surface area (Å²) in [6.45, 7) is 7.38. The van der Waals surface area contributed by atoms with Crippen LogP contribution in [-0.4, -0.2) is 28.8 Å². The van der Waals surface area contributed by atoms with Gasteiger partial charge in [0, 0.05) is 24.6 Å². The summed E-state index contributed by atoms with van der Waals surface area (Å²) in [5.74, 6) is -0.756. The van der Waals surface area contributed by atoms with Gasteiger partial charge < -0.3 is 10.2 Å². The van der Waals surface area contributed by atoms with E-state index < -0.39 is 6.04 Å². The number of carbonyl (C=O) groups excluding carboxylic acids is 2. The van der Waals surface area contributed by atoms with Gasteiger partial charge in [-0.2, -0.15) is 0 Å². The summed E-state index contributed by atoms with van der Waals surface area (Å²) >= 11 is 0. The van der Waals surface area contributed by atoms with Crippen LogP contribution < -0.4 is 5.32 Å². The number of nitrogens with one attached hydrogen (secondary N) is 1. The van der Waals surface area contributed by atoms with Crippen molar-refractivity contribution in [1.82, 2.24) is 10.2 Å². The first kappa shape index (κ1) is 18.1. The lowest BCUT2D eigenvalue weighted by atomic mass is 10.1. The summed E-state index contributed by atoms with van der Waals surface area (Å²) in [5.41, 5.74) is 0.410. The highest BCUT2D eigenvalue weighted by Crippen LogP contribution is 2.14. The van der Waals surface area contributed by atoms with Gasteiger partial charge in [0.05, 0.1) is 0 Å². The molecule has 122 valence electrons. The Bertz CT molecular complexity index is 519. The van der Waals surface area contributed by atoms with Gasteiger partial charge in [0.1, 0.15) is 11.9 Å². The van der Waals surface area contributed by atoms with Crippen LogP contribution in [0, 0.1) is 5.82 Å². The first-order valence-corrected chi connectivity index (χ1v) is 7.73. The van der Waals surface area contributed by atoms with E-state index in [2.05, 4.69) is 5.32 Å². The zero-order valence-corrected chi connectivity index (χ0v) is 13.7. The maximum atomic E-state index is 13.8. The largest absolute Gasteiger partial charge is 0.352 e. The summed E-state index contributed by atoms with van der Waals surface area (Å²) in [6.07, 6.45) is 1.09. The number of nitrogens with zero attached hydrogens (tertiary/aromatic N) is 1. The van der Waals surface area contributed by atoms with E-state index in [1.807, 2.05) is 13.8 Å². The normalized spacial score (nSPS) is 13.3. The van der Waals surface area contributed by atoms with Crippen LogP contribution in [0.2, 0.25) is 0 Å². The Morgan fingerprint density at radius 3 is 2.41 bits per heavy atom. The number of hydrogen-bond donors (Lipinski definition) is 1. The van der Waals surface area contributed by atoms with E-state index in [0.29, 0.717) is 5.56 Å². The molecule has 0 aliphatic carbocycles. The predicted octanol–water partition coefficient (Wildman–Crippen LogP) is 2.87. The van der Waals surface area contributed by atoms with Crippen LogP contribution >= 0.6 is 0 Å². The van der Waals surface area contributed by atoms with Gasteiger partial charge in [-0.25, -0.2) is 4.39 Å². The van der Waals surface area contributed by atoms with Crippen molar-refractivity contribution >= 4 is 11.8 Å². The molecule has 0 aliphatic rings. The monoisotopic (exact) mass is 308 g/mol. The van der Waals surface area contributed by atoms with Crippen molar-refractivity contribution in [2.24, 2.45) is 0 Å². The average Bonchev–Trinajstić information content (AvgIpc) is 2.52. The Kier molecular flexibility index (Phi) is 7.02. The predicted molar refractivity (Wildman–Crippen MR) is 84.6 cm³/mol. The second-order valence-corrected chi connectivity index (χ2v) is 5.46. The highest BCUT2D eigenvalue weighted by molar-refractivity contribution is 5.87. The van der Waals surface area contributed by atoms with Crippen molar-refractivity contribution in [1.29, 1.82) is 0 Å². The molecule has 1 rings (SSSR count). The Hall–Kier alpha value is -1.91. The van der Waals surface area contributed by atoms with E-state index in [0.717, 1.165) is 6.42 Å². The van der Waals surface area contributed by atoms with Gasteiger partial charge in [0.25, 0.3) is 0 Å². The molecule has 0 saturated heterocycles. The molecular formula is C17H25FN2O2. The fraction of sp³-hybridized carbons (Fsp3) is 0.529. The van der Waals surface area contributed by atoms with Gasteiger partial charge in [-0.15, -0.1) is 0 Å². The molecule has 2 amide bonds. The molecule has 0 aromatic heterocycles. The van der Waals surface area contributed by atoms with Crippen LogP contribution in [0.25, 0.3) is 0 Å². The van der Waals surface area contributed by atoms with Gasteiger partial charge in [-0.3, -0.25) is 9.59 Å². The lowest BCUT2D eigenvalue weighted by molar-refractivity contribution is -0.140. The molecule has 22 heavy (non-hydrogen) atoms. The molecule has 1 aromatic rings. The molecule has 5 heteroatoms. The minimum Gasteiger partial charge on any atom is -0.352 e. The number of halogens is 1. The topological polar surface area (TPSA) is 49.4 Å². The lowest BCUT2D eigenvalue weighted by Gasteiger charge is -2.29. The summed E-state index contributed by atoms with van der Waals surface area (Å²) in [4.78, 5) is 25.8. The molecule has 0 heterocycles. The molecule has 0 saturated carbocycles. The van der Waals surface area contributed by atoms with Gasteiger partial charge in [-0.1, -0.05) is 32.0 Å². The third kappa shape index (κ3) is 4.83. The summed E-state index contributed by atoms with van der Waals surface area (Å²) in [7, 11) is 0. The fourth-order valence-corrected chi connectivity index (χ4v) is 2.06. The minimum atomic E-state index is -0.638. The molecule has 0 aliphatic heterocycles. The standard InChI is InChI=1S/C17H25FN2O2/c1-5-12(3)19-17(22)13(4)20(16(21)6-2)11-14-9-7-8-10-15(14)18/h7-10,12-13H,5-6,11H2,1-4H3,(H,19,22)/t12-,13-/m0/s1. The first-order valence-electron chi connectivity index (χ1n) is 7.73. The van der Waals surface area contributed by atoms with E-state index in [9.17, 15) is 14.0 Å². The lowest BCUT2D eigenvalue weighted by Crippen LogP contribution is -2.49. The van der Waals surface area contributed by atoms with E-state index in [-0.39, 0.29) is 36.6 Å². The molecule has 0 fully saturated rings. The first-order chi connectivity index (χ1) is 10.4. The molecule has 2 atom stereocenters. The summed E-state index contributed by atoms with van der Waals surface area (Å²) < 4.78 is 13.8. The molecule has 0 unspecified atom stereocenters. The van der Waals surface area contributed by atoms with E-state index >= 15 is 0 Å². The molecular weight excluding hydrogens is 283 g/mol. The second kappa shape index (κ2) is 8.51. The third-order valence-electron chi connectivity index (χ3n) is 3.77. The van der Waals surface area contributed by atoms with Crippen LogP contribution in [0.1, 0.15) is 46.1 Å². The van der Waals surface area contributed by atoms with E-state index in [1.165, 1.54) is 11.0 Å². The summed E-state index contributed by atoms with van der Waals surface area (Å²) in [5, 5.41) is 2.86. The van der Waals surface area contributed by atoms with Crippen molar-refractivity contribution in [3.63, 3.8) is 0 Å². The van der Waals surface area contributed by atoms with Crippen LogP contribution in [-0.2, 0) is 16.1 Å². The molecule has 0 radical (unpaired) electrons. The molecule has 0 spiro atoms. The number of hydrogen-bond acceptors (Lipinski definition) is 2. The number of amides is 2. The fourth-order valence-electron chi connectivity index (χ4n) is 2.06. The number of benzene rings is 1. The average molecular weight is 308 g/mol. The van der Waals surface area contributed by atoms with Crippen molar-refractivity contribution in [3.8, 4) is 0 Å². The Morgan fingerprint density at radius 1 is 1.23 bits per heavy atom. The maximum absolute atomic E-state index is 13.8. The maximum Gasteiger partial charge on any atom is 0.242 e. The molecule has 1 N–H and O–H groups in total. The molecule has 0 bridgehead atoms. The highest BCUT2D eigenvalue weighted by atomic mass is 19.1. The van der Waals surface area contributed by atoms with Crippen molar-refractivity contribution < 1.29 is 14.0 Å². The summed E-state index contributed by atoms with van der Waals surface area (Å²) in [6, 6.07) is 5.71. The quantitative estimate of drug-likeness (QED) is 0.842. The second-order valence-electron chi connectivity index (χ2n) is 5.46. The zero-order chi connectivity index (χ0) is 16.7. The Morgan fingerprint density at radius 2 is 1.86 bits per heavy atom. The van der Waals surface area contributed by atoms with Gasteiger partial charge in [0.2, 0.25) is 11.8 Å². The van der Waals surface area contributed by atoms with E-state index in [4.69, 9.17) is 0 Å². The molecule has 1 aromatic carbocycles. The third-order valence-corrected chi connectivity index (χ3v) is 3.77. The van der Waals surface area contributed by atoms with Gasteiger partial charge in [-0.05, 0) is 26.3 Å². The minimum absolute atomic E-state index is 0.0435. The Labute approximate surface area is 131 Å². The van der Waals surface area contributed by atoms with Gasteiger partial charge in [0.15, 0.2) is 0 Å². The van der Waals surface area contributed by atoms with Gasteiger partial charge >= 0.3 is 0 Å². The SMILES string of the molecule is CCC(=O)N(Cc1ccccc1F)[C@@H](C)C(=O)N[C@@H](C)CC. The van der Waals surface area contributed by atoms with Crippen molar-refractivity contribution in [3.05, 3.63) is 35.6 Å². The molecule has 4 nitrogen and oxygen atoms in total. The van der Waals surface area contributed by atoms with Crippen LogP contribution in [0.4, 0.5) is 4.39 Å². The van der Waals surface area contributed by atoms with E-state index in [1.54, 1.807) is 32.0 Å². The van der Waals surface area contributed by atoms with Crippen LogP contribution in [0.5, 0.6) is 0 Å².